The highest BCUT2D eigenvalue weighted by molar-refractivity contribution is 5.92. The minimum Gasteiger partial charge on any atom is -0.367 e. The predicted octanol–water partition coefficient (Wildman–Crippen LogP) is 1.98. The van der Waals surface area contributed by atoms with Crippen molar-refractivity contribution in [2.24, 2.45) is 0 Å². The molecule has 3 N–H and O–H groups in total. The van der Waals surface area contributed by atoms with Crippen LogP contribution in [0.1, 0.15) is 28.8 Å². The molecule has 1 atom stereocenters. The smallest absolute Gasteiger partial charge is 0.277 e. The van der Waals surface area contributed by atoms with Crippen LogP contribution in [0.2, 0.25) is 0 Å². The summed E-state index contributed by atoms with van der Waals surface area (Å²) in [5.41, 5.74) is 4.28. The topological polar surface area (TPSA) is 90.4 Å². The Morgan fingerprint density at radius 3 is 2.88 bits per heavy atom. The summed E-state index contributed by atoms with van der Waals surface area (Å²) < 4.78 is 0. The molecule has 0 spiro atoms. The fourth-order valence-corrected chi connectivity index (χ4v) is 3.00. The van der Waals surface area contributed by atoms with Gasteiger partial charge in [-0.05, 0) is 37.5 Å². The molecule has 1 aromatic carbocycles. The number of nitrogens with zero attached hydrogens (tertiary/aromatic N) is 3. The lowest BCUT2D eigenvalue weighted by atomic mass is 10.1. The lowest BCUT2D eigenvalue weighted by Gasteiger charge is -2.27. The van der Waals surface area contributed by atoms with Crippen LogP contribution in [0.3, 0.4) is 0 Å². The van der Waals surface area contributed by atoms with E-state index in [1.165, 1.54) is 23.6 Å². The van der Waals surface area contributed by atoms with Crippen molar-refractivity contribution >= 4 is 17.5 Å². The maximum atomic E-state index is 11.3. The van der Waals surface area contributed by atoms with E-state index in [1.807, 2.05) is 0 Å². The van der Waals surface area contributed by atoms with Crippen molar-refractivity contribution in [1.29, 1.82) is 0 Å². The third-order valence-corrected chi connectivity index (χ3v) is 4.22. The lowest BCUT2D eigenvalue weighted by Crippen LogP contribution is -2.35. The van der Waals surface area contributed by atoms with Crippen molar-refractivity contribution in [3.05, 3.63) is 47.8 Å². The van der Waals surface area contributed by atoms with E-state index in [0.29, 0.717) is 12.0 Å². The SMILES string of the molecule is Cc1cccc(N2CCC[C@@H]2CNc2ncc(C(=O)NO)cn2)c1. The number of hydroxylamine groups is 1. The van der Waals surface area contributed by atoms with Gasteiger partial charge in [0.25, 0.3) is 5.91 Å². The second-order valence-corrected chi connectivity index (χ2v) is 5.95. The minimum absolute atomic E-state index is 0.213. The maximum Gasteiger partial charge on any atom is 0.277 e. The molecule has 0 unspecified atom stereocenters. The van der Waals surface area contributed by atoms with E-state index in [2.05, 4.69) is 51.4 Å². The molecule has 0 bridgehead atoms. The third kappa shape index (κ3) is 3.62. The molecule has 0 aliphatic carbocycles. The summed E-state index contributed by atoms with van der Waals surface area (Å²) in [4.78, 5) is 21.9. The standard InChI is InChI=1S/C17H21N5O2/c1-12-4-2-5-14(8-12)22-7-3-6-15(22)11-20-17-18-9-13(10-19-17)16(23)21-24/h2,4-5,8-10,15,24H,3,6-7,11H2,1H3,(H,21,23)(H,18,19,20)/t15-/m1/s1. The number of benzene rings is 1. The molecule has 126 valence electrons. The Hall–Kier alpha value is -2.67. The molecular formula is C17H21N5O2. The van der Waals surface area contributed by atoms with Gasteiger partial charge in [-0.1, -0.05) is 12.1 Å². The number of aromatic nitrogens is 2. The van der Waals surface area contributed by atoms with E-state index < -0.39 is 5.91 Å². The molecule has 1 aliphatic rings. The Balaban J connectivity index is 1.62. The summed E-state index contributed by atoms with van der Waals surface area (Å²) in [6.07, 6.45) is 5.05. The largest absolute Gasteiger partial charge is 0.367 e. The Morgan fingerprint density at radius 2 is 2.17 bits per heavy atom. The average Bonchev–Trinajstić information content (AvgIpc) is 3.08. The zero-order valence-corrected chi connectivity index (χ0v) is 13.6. The number of rotatable bonds is 5. The number of hydrogen-bond donors (Lipinski definition) is 3. The van der Waals surface area contributed by atoms with Crippen LogP contribution < -0.4 is 15.7 Å². The molecular weight excluding hydrogens is 306 g/mol. The van der Waals surface area contributed by atoms with Gasteiger partial charge < -0.3 is 10.2 Å². The first-order valence-electron chi connectivity index (χ1n) is 8.01. The summed E-state index contributed by atoms with van der Waals surface area (Å²) >= 11 is 0. The number of hydrogen-bond acceptors (Lipinski definition) is 6. The molecule has 7 nitrogen and oxygen atoms in total. The maximum absolute atomic E-state index is 11.3. The van der Waals surface area contributed by atoms with Gasteiger partial charge in [0.05, 0.1) is 5.56 Å². The van der Waals surface area contributed by atoms with Gasteiger partial charge in [0.1, 0.15) is 0 Å². The van der Waals surface area contributed by atoms with Crippen molar-refractivity contribution in [3.8, 4) is 0 Å². The van der Waals surface area contributed by atoms with Crippen LogP contribution >= 0.6 is 0 Å². The number of aryl methyl sites for hydroxylation is 1. The van der Waals surface area contributed by atoms with Gasteiger partial charge in [0.2, 0.25) is 5.95 Å². The van der Waals surface area contributed by atoms with Gasteiger partial charge >= 0.3 is 0 Å². The molecule has 2 aromatic rings. The Labute approximate surface area is 140 Å². The van der Waals surface area contributed by atoms with E-state index >= 15 is 0 Å². The summed E-state index contributed by atoms with van der Waals surface area (Å²) in [5.74, 6) is -0.149. The Morgan fingerprint density at radius 1 is 1.38 bits per heavy atom. The normalized spacial score (nSPS) is 16.9. The first kappa shape index (κ1) is 16.2. The first-order valence-corrected chi connectivity index (χ1v) is 8.01. The van der Waals surface area contributed by atoms with Gasteiger partial charge in [0, 0.05) is 37.2 Å². The van der Waals surface area contributed by atoms with E-state index in [9.17, 15) is 4.79 Å². The summed E-state index contributed by atoms with van der Waals surface area (Å²) in [7, 11) is 0. The van der Waals surface area contributed by atoms with Crippen molar-refractivity contribution in [1.82, 2.24) is 15.4 Å². The van der Waals surface area contributed by atoms with Gasteiger partial charge in [-0.3, -0.25) is 10.0 Å². The molecule has 1 fully saturated rings. The highest BCUT2D eigenvalue weighted by atomic mass is 16.5. The van der Waals surface area contributed by atoms with Crippen LogP contribution in [0.5, 0.6) is 0 Å². The first-order chi connectivity index (χ1) is 11.7. The Kier molecular flexibility index (Phi) is 4.90. The van der Waals surface area contributed by atoms with E-state index in [0.717, 1.165) is 25.9 Å². The number of anilines is 2. The van der Waals surface area contributed by atoms with Crippen LogP contribution in [0.25, 0.3) is 0 Å². The molecule has 3 rings (SSSR count). The van der Waals surface area contributed by atoms with Crippen LogP contribution in [0, 0.1) is 6.92 Å². The molecule has 24 heavy (non-hydrogen) atoms. The fourth-order valence-electron chi connectivity index (χ4n) is 3.00. The average molecular weight is 327 g/mol. The van der Waals surface area contributed by atoms with E-state index in [-0.39, 0.29) is 5.56 Å². The molecule has 1 aromatic heterocycles. The van der Waals surface area contributed by atoms with Crippen molar-refractivity contribution in [2.45, 2.75) is 25.8 Å². The summed E-state index contributed by atoms with van der Waals surface area (Å²) in [5, 5.41) is 11.8. The van der Waals surface area contributed by atoms with Crippen molar-refractivity contribution in [3.63, 3.8) is 0 Å². The predicted molar refractivity (Wildman–Crippen MR) is 91.3 cm³/mol. The second kappa shape index (κ2) is 7.27. The van der Waals surface area contributed by atoms with Crippen LogP contribution in [0.4, 0.5) is 11.6 Å². The van der Waals surface area contributed by atoms with Gasteiger partial charge in [-0.2, -0.15) is 0 Å². The number of amides is 1. The summed E-state index contributed by atoms with van der Waals surface area (Å²) in [6, 6.07) is 8.92. The van der Waals surface area contributed by atoms with E-state index in [1.54, 1.807) is 5.48 Å². The molecule has 1 saturated heterocycles. The van der Waals surface area contributed by atoms with Gasteiger partial charge in [-0.25, -0.2) is 15.4 Å². The molecule has 1 aliphatic heterocycles. The third-order valence-electron chi connectivity index (χ3n) is 4.22. The lowest BCUT2D eigenvalue weighted by molar-refractivity contribution is 0.0705. The van der Waals surface area contributed by atoms with Crippen molar-refractivity contribution in [2.75, 3.05) is 23.3 Å². The zero-order chi connectivity index (χ0) is 16.9. The van der Waals surface area contributed by atoms with Gasteiger partial charge in [0.15, 0.2) is 0 Å². The number of nitrogens with one attached hydrogen (secondary N) is 2. The number of carbonyl (C=O) groups is 1. The second-order valence-electron chi connectivity index (χ2n) is 5.95. The number of carbonyl (C=O) groups excluding carboxylic acids is 1. The van der Waals surface area contributed by atoms with E-state index in [4.69, 9.17) is 5.21 Å². The molecule has 7 heteroatoms. The quantitative estimate of drug-likeness (QED) is 0.575. The molecule has 0 radical (unpaired) electrons. The molecule has 1 amide bonds. The minimum atomic E-state index is -0.622. The molecule has 2 heterocycles. The highest BCUT2D eigenvalue weighted by Crippen LogP contribution is 2.26. The zero-order valence-electron chi connectivity index (χ0n) is 13.6. The molecule has 0 saturated carbocycles. The summed E-state index contributed by atoms with van der Waals surface area (Å²) in [6.45, 7) is 3.89. The monoisotopic (exact) mass is 327 g/mol. The van der Waals surface area contributed by atoms with Crippen LogP contribution in [-0.4, -0.2) is 40.2 Å². The Bertz CT molecular complexity index is 704. The van der Waals surface area contributed by atoms with Crippen LogP contribution in [0.15, 0.2) is 36.7 Å². The van der Waals surface area contributed by atoms with Crippen molar-refractivity contribution < 1.29 is 10.0 Å². The van der Waals surface area contributed by atoms with Crippen LogP contribution in [-0.2, 0) is 0 Å². The highest BCUT2D eigenvalue weighted by Gasteiger charge is 2.24. The van der Waals surface area contributed by atoms with Gasteiger partial charge in [-0.15, -0.1) is 0 Å². The fraction of sp³-hybridized carbons (Fsp3) is 0.353.